The highest BCUT2D eigenvalue weighted by molar-refractivity contribution is 5.80. The van der Waals surface area contributed by atoms with Crippen LogP contribution >= 0.6 is 0 Å². The first kappa shape index (κ1) is 17.0. The maximum Gasteiger partial charge on any atom is 0.261 e. The van der Waals surface area contributed by atoms with Gasteiger partial charge < -0.3 is 4.90 Å². The topological polar surface area (TPSA) is 38.1 Å². The summed E-state index contributed by atoms with van der Waals surface area (Å²) in [6.07, 6.45) is 4.16. The van der Waals surface area contributed by atoms with Crippen LogP contribution in [0.4, 0.5) is 0 Å². The lowest BCUT2D eigenvalue weighted by atomic mass is 9.91. The van der Waals surface area contributed by atoms with Crippen molar-refractivity contribution in [2.45, 2.75) is 32.2 Å². The van der Waals surface area contributed by atoms with E-state index in [-0.39, 0.29) is 5.56 Å². The van der Waals surface area contributed by atoms with Crippen LogP contribution < -0.4 is 5.56 Å². The molecular formula is C22H25N3O. The lowest BCUT2D eigenvalue weighted by Crippen LogP contribution is -2.37. The molecule has 0 unspecified atom stereocenters. The van der Waals surface area contributed by atoms with Gasteiger partial charge in [-0.2, -0.15) is 0 Å². The Labute approximate surface area is 154 Å². The van der Waals surface area contributed by atoms with E-state index < -0.39 is 0 Å². The van der Waals surface area contributed by atoms with Crippen molar-refractivity contribution in [2.75, 3.05) is 19.6 Å². The number of piperidine rings is 1. The Bertz CT molecular complexity index is 949. The number of nitrogens with zero attached hydrogens (tertiary/aromatic N) is 3. The molecule has 1 saturated heterocycles. The highest BCUT2D eigenvalue weighted by atomic mass is 16.1. The predicted octanol–water partition coefficient (Wildman–Crippen LogP) is 3.58. The highest BCUT2D eigenvalue weighted by Crippen LogP contribution is 2.26. The lowest BCUT2D eigenvalue weighted by Gasteiger charge is -2.33. The minimum Gasteiger partial charge on any atom is -0.301 e. The van der Waals surface area contributed by atoms with Crippen LogP contribution in [-0.4, -0.2) is 34.1 Å². The summed E-state index contributed by atoms with van der Waals surface area (Å²) in [5, 5.41) is 0.716. The SMILES string of the molecule is Cc1cccc2c(=O)n(CCN3CCC[C@H](c4ccccc4)C3)cnc12. The molecule has 1 aliphatic rings. The molecule has 1 aliphatic heterocycles. The Morgan fingerprint density at radius 2 is 1.92 bits per heavy atom. The molecule has 1 fully saturated rings. The summed E-state index contributed by atoms with van der Waals surface area (Å²) < 4.78 is 1.76. The molecule has 4 rings (SSSR count). The van der Waals surface area contributed by atoms with E-state index in [1.54, 1.807) is 10.9 Å². The zero-order valence-corrected chi connectivity index (χ0v) is 15.3. The average Bonchev–Trinajstić information content (AvgIpc) is 2.69. The molecule has 4 nitrogen and oxygen atoms in total. The van der Waals surface area contributed by atoms with E-state index in [1.165, 1.54) is 18.4 Å². The third-order valence-electron chi connectivity index (χ3n) is 5.49. The molecule has 1 aromatic heterocycles. The van der Waals surface area contributed by atoms with E-state index in [4.69, 9.17) is 0 Å². The summed E-state index contributed by atoms with van der Waals surface area (Å²) in [6.45, 7) is 5.76. The third-order valence-corrected chi connectivity index (χ3v) is 5.49. The summed E-state index contributed by atoms with van der Waals surface area (Å²) in [5.41, 5.74) is 3.36. The monoisotopic (exact) mass is 347 g/mol. The summed E-state index contributed by atoms with van der Waals surface area (Å²) in [6, 6.07) is 16.6. The molecule has 0 bridgehead atoms. The van der Waals surface area contributed by atoms with Crippen LogP contribution in [0.3, 0.4) is 0 Å². The number of likely N-dealkylation sites (tertiary alicyclic amines) is 1. The van der Waals surface area contributed by atoms with Crippen LogP contribution in [0.2, 0.25) is 0 Å². The number of rotatable bonds is 4. The van der Waals surface area contributed by atoms with Crippen LogP contribution in [0.25, 0.3) is 10.9 Å². The summed E-state index contributed by atoms with van der Waals surface area (Å²) in [5.74, 6) is 0.596. The van der Waals surface area contributed by atoms with Crippen molar-refractivity contribution in [1.82, 2.24) is 14.5 Å². The Kier molecular flexibility index (Phi) is 4.85. The number of benzene rings is 2. The van der Waals surface area contributed by atoms with E-state index in [0.29, 0.717) is 17.8 Å². The highest BCUT2D eigenvalue weighted by Gasteiger charge is 2.21. The van der Waals surface area contributed by atoms with Crippen molar-refractivity contribution in [3.8, 4) is 0 Å². The number of aryl methyl sites for hydroxylation is 1. The van der Waals surface area contributed by atoms with Gasteiger partial charge in [-0.3, -0.25) is 9.36 Å². The molecule has 134 valence electrons. The van der Waals surface area contributed by atoms with Gasteiger partial charge >= 0.3 is 0 Å². The van der Waals surface area contributed by atoms with E-state index in [0.717, 1.165) is 30.7 Å². The first-order chi connectivity index (χ1) is 12.7. The Morgan fingerprint density at radius 1 is 1.08 bits per heavy atom. The fourth-order valence-electron chi connectivity index (χ4n) is 4.00. The summed E-state index contributed by atoms with van der Waals surface area (Å²) in [7, 11) is 0. The van der Waals surface area contributed by atoms with Gasteiger partial charge in [0.25, 0.3) is 5.56 Å². The van der Waals surface area contributed by atoms with Crippen molar-refractivity contribution >= 4 is 10.9 Å². The first-order valence-corrected chi connectivity index (χ1v) is 9.44. The van der Waals surface area contributed by atoms with Gasteiger partial charge in [-0.15, -0.1) is 0 Å². The summed E-state index contributed by atoms with van der Waals surface area (Å²) in [4.78, 5) is 19.7. The number of fused-ring (bicyclic) bond motifs is 1. The van der Waals surface area contributed by atoms with Crippen molar-refractivity contribution < 1.29 is 0 Å². The fourth-order valence-corrected chi connectivity index (χ4v) is 4.00. The average molecular weight is 347 g/mol. The van der Waals surface area contributed by atoms with Crippen molar-refractivity contribution in [1.29, 1.82) is 0 Å². The number of hydrogen-bond donors (Lipinski definition) is 0. The number of aromatic nitrogens is 2. The van der Waals surface area contributed by atoms with Gasteiger partial charge in [-0.1, -0.05) is 42.5 Å². The molecule has 3 aromatic rings. The van der Waals surface area contributed by atoms with Gasteiger partial charge in [-0.05, 0) is 49.4 Å². The van der Waals surface area contributed by atoms with Gasteiger partial charge in [0, 0.05) is 19.6 Å². The van der Waals surface area contributed by atoms with Crippen LogP contribution in [0, 0.1) is 6.92 Å². The zero-order valence-electron chi connectivity index (χ0n) is 15.3. The molecule has 0 N–H and O–H groups in total. The minimum absolute atomic E-state index is 0.0651. The molecule has 2 aromatic carbocycles. The molecule has 0 saturated carbocycles. The van der Waals surface area contributed by atoms with E-state index in [9.17, 15) is 4.79 Å². The zero-order chi connectivity index (χ0) is 17.9. The summed E-state index contributed by atoms with van der Waals surface area (Å²) >= 11 is 0. The minimum atomic E-state index is 0.0651. The standard InChI is InChI=1S/C22H25N3O/c1-17-7-5-11-20-21(17)23-16-25(22(20)26)14-13-24-12-6-10-19(15-24)18-8-3-2-4-9-18/h2-5,7-9,11,16,19H,6,10,12-15H2,1H3/t19-/m0/s1. The van der Waals surface area contributed by atoms with Crippen molar-refractivity contribution in [3.63, 3.8) is 0 Å². The number of hydrogen-bond acceptors (Lipinski definition) is 3. The Balaban J connectivity index is 1.46. The maximum absolute atomic E-state index is 12.7. The second-order valence-corrected chi connectivity index (χ2v) is 7.26. The molecule has 0 spiro atoms. The van der Waals surface area contributed by atoms with Crippen LogP contribution in [0.1, 0.15) is 29.9 Å². The molecule has 26 heavy (non-hydrogen) atoms. The van der Waals surface area contributed by atoms with Crippen LogP contribution in [0.5, 0.6) is 0 Å². The molecule has 0 radical (unpaired) electrons. The van der Waals surface area contributed by atoms with Gasteiger partial charge in [0.15, 0.2) is 0 Å². The fraction of sp³-hybridized carbons (Fsp3) is 0.364. The predicted molar refractivity (Wildman–Crippen MR) is 106 cm³/mol. The van der Waals surface area contributed by atoms with E-state index in [1.807, 2.05) is 25.1 Å². The molecule has 2 heterocycles. The van der Waals surface area contributed by atoms with E-state index in [2.05, 4.69) is 40.2 Å². The van der Waals surface area contributed by atoms with Crippen LogP contribution in [0.15, 0.2) is 59.7 Å². The van der Waals surface area contributed by atoms with Crippen molar-refractivity contribution in [2.24, 2.45) is 0 Å². The number of para-hydroxylation sites is 1. The van der Waals surface area contributed by atoms with E-state index >= 15 is 0 Å². The maximum atomic E-state index is 12.7. The van der Waals surface area contributed by atoms with Gasteiger partial charge in [-0.25, -0.2) is 4.98 Å². The quantitative estimate of drug-likeness (QED) is 0.724. The largest absolute Gasteiger partial charge is 0.301 e. The normalized spacial score (nSPS) is 18.3. The van der Waals surface area contributed by atoms with Gasteiger partial charge in [0.2, 0.25) is 0 Å². The lowest BCUT2D eigenvalue weighted by molar-refractivity contribution is 0.200. The second kappa shape index (κ2) is 7.42. The van der Waals surface area contributed by atoms with Gasteiger partial charge in [0.05, 0.1) is 17.2 Å². The molecule has 0 amide bonds. The van der Waals surface area contributed by atoms with Crippen molar-refractivity contribution in [3.05, 3.63) is 76.3 Å². The smallest absolute Gasteiger partial charge is 0.261 e. The van der Waals surface area contributed by atoms with Gasteiger partial charge in [0.1, 0.15) is 0 Å². The Hall–Kier alpha value is -2.46. The first-order valence-electron chi connectivity index (χ1n) is 9.44. The molecule has 1 atom stereocenters. The third kappa shape index (κ3) is 3.42. The second-order valence-electron chi connectivity index (χ2n) is 7.26. The molecular weight excluding hydrogens is 322 g/mol. The molecule has 0 aliphatic carbocycles. The van der Waals surface area contributed by atoms with Crippen LogP contribution in [-0.2, 0) is 6.54 Å². The molecule has 4 heteroatoms. The Morgan fingerprint density at radius 3 is 2.77 bits per heavy atom.